The van der Waals surface area contributed by atoms with E-state index in [0.717, 1.165) is 22.3 Å². The van der Waals surface area contributed by atoms with Gasteiger partial charge in [-0.25, -0.2) is 0 Å². The summed E-state index contributed by atoms with van der Waals surface area (Å²) in [6.07, 6.45) is 0. The second-order valence-electron chi connectivity index (χ2n) is 3.76. The summed E-state index contributed by atoms with van der Waals surface area (Å²) in [5.74, 6) is 0.121. The average molecular weight is 247 g/mol. The molecule has 0 heterocycles. The number of rotatable bonds is 2. The van der Waals surface area contributed by atoms with Crippen molar-refractivity contribution in [1.29, 1.82) is 5.41 Å². The first kappa shape index (κ1) is 13.3. The number of hydrogen-bond acceptors (Lipinski definition) is 1. The van der Waals surface area contributed by atoms with Gasteiger partial charge in [0.15, 0.2) is 0 Å². The van der Waals surface area contributed by atoms with E-state index in [1.165, 1.54) is 0 Å². The molecule has 2 aromatic rings. The summed E-state index contributed by atoms with van der Waals surface area (Å²) in [6, 6.07) is 16.0. The first-order valence-corrected chi connectivity index (χ1v) is 5.19. The number of benzene rings is 2. The summed E-state index contributed by atoms with van der Waals surface area (Å²) in [4.78, 5) is 0. The maximum absolute atomic E-state index is 7.51. The molecule has 0 saturated heterocycles. The molecule has 3 heteroatoms. The number of nitrogen functional groups attached to an aromatic ring is 1. The van der Waals surface area contributed by atoms with Gasteiger partial charge in [0.1, 0.15) is 5.84 Å². The van der Waals surface area contributed by atoms with Crippen LogP contribution in [0.15, 0.2) is 48.5 Å². The van der Waals surface area contributed by atoms with E-state index >= 15 is 0 Å². The van der Waals surface area contributed by atoms with Crippen molar-refractivity contribution in [3.63, 3.8) is 0 Å². The smallest absolute Gasteiger partial charge is 0.123 e. The lowest BCUT2D eigenvalue weighted by Gasteiger charge is -2.10. The highest BCUT2D eigenvalue weighted by Crippen LogP contribution is 2.25. The number of amidine groups is 1. The van der Waals surface area contributed by atoms with Crippen LogP contribution in [-0.2, 0) is 0 Å². The van der Waals surface area contributed by atoms with Gasteiger partial charge in [0.25, 0.3) is 0 Å². The van der Waals surface area contributed by atoms with Gasteiger partial charge in [-0.05, 0) is 23.6 Å². The molecule has 3 N–H and O–H groups in total. The topological polar surface area (TPSA) is 49.9 Å². The summed E-state index contributed by atoms with van der Waals surface area (Å²) in [5.41, 5.74) is 9.70. The van der Waals surface area contributed by atoms with Crippen LogP contribution in [0, 0.1) is 12.3 Å². The van der Waals surface area contributed by atoms with Crippen LogP contribution in [-0.4, -0.2) is 5.84 Å². The number of hydrogen-bond donors (Lipinski definition) is 2. The van der Waals surface area contributed by atoms with Crippen LogP contribution in [0.5, 0.6) is 0 Å². The molecule has 0 fully saturated rings. The lowest BCUT2D eigenvalue weighted by Crippen LogP contribution is -2.13. The Bertz CT molecular complexity index is 521. The Morgan fingerprint density at radius 1 is 1.00 bits per heavy atom. The van der Waals surface area contributed by atoms with Crippen molar-refractivity contribution in [3.8, 4) is 11.1 Å². The molecule has 0 aliphatic heterocycles. The van der Waals surface area contributed by atoms with Crippen molar-refractivity contribution >= 4 is 18.2 Å². The highest BCUT2D eigenvalue weighted by atomic mass is 35.5. The SMILES string of the molecule is Cc1c(C(=N)N)cccc1-c1ccccc1.Cl. The van der Waals surface area contributed by atoms with E-state index < -0.39 is 0 Å². The predicted molar refractivity (Wildman–Crippen MR) is 74.9 cm³/mol. The molecule has 2 nitrogen and oxygen atoms in total. The summed E-state index contributed by atoms with van der Waals surface area (Å²) in [6.45, 7) is 2.00. The minimum Gasteiger partial charge on any atom is -0.384 e. The Kier molecular flexibility index (Phi) is 4.30. The molecular formula is C14H15ClN2. The molecule has 2 rings (SSSR count). The lowest BCUT2D eigenvalue weighted by atomic mass is 9.96. The van der Waals surface area contributed by atoms with Gasteiger partial charge in [0.05, 0.1) is 0 Å². The van der Waals surface area contributed by atoms with Gasteiger partial charge in [0, 0.05) is 5.56 Å². The zero-order valence-electron chi connectivity index (χ0n) is 9.60. The molecule has 0 atom stereocenters. The number of nitrogens with one attached hydrogen (secondary N) is 1. The van der Waals surface area contributed by atoms with Crippen molar-refractivity contribution < 1.29 is 0 Å². The molecule has 17 heavy (non-hydrogen) atoms. The fraction of sp³-hybridized carbons (Fsp3) is 0.0714. The standard InChI is InChI=1S/C14H14N2.ClH/c1-10-12(11-6-3-2-4-7-11)8-5-9-13(10)14(15)16;/h2-9H,1H3,(H3,15,16);1H. The van der Waals surface area contributed by atoms with E-state index in [1.54, 1.807) is 0 Å². The molecule has 0 spiro atoms. The van der Waals surface area contributed by atoms with Gasteiger partial charge >= 0.3 is 0 Å². The Labute approximate surface area is 107 Å². The highest BCUT2D eigenvalue weighted by Gasteiger charge is 2.06. The molecule has 2 aromatic carbocycles. The zero-order valence-corrected chi connectivity index (χ0v) is 10.4. The normalized spacial score (nSPS) is 9.47. The van der Waals surface area contributed by atoms with Crippen molar-refractivity contribution in [1.82, 2.24) is 0 Å². The van der Waals surface area contributed by atoms with E-state index in [2.05, 4.69) is 18.2 Å². The van der Waals surface area contributed by atoms with E-state index in [-0.39, 0.29) is 18.2 Å². The summed E-state index contributed by atoms with van der Waals surface area (Å²) in [5, 5.41) is 7.51. The maximum atomic E-state index is 7.51. The van der Waals surface area contributed by atoms with Crippen molar-refractivity contribution in [2.45, 2.75) is 6.92 Å². The molecule has 0 amide bonds. The molecular weight excluding hydrogens is 232 g/mol. The van der Waals surface area contributed by atoms with Crippen LogP contribution >= 0.6 is 12.4 Å². The number of nitrogens with two attached hydrogens (primary N) is 1. The van der Waals surface area contributed by atoms with Gasteiger partial charge in [-0.3, -0.25) is 5.41 Å². The fourth-order valence-corrected chi connectivity index (χ4v) is 1.86. The molecule has 0 aliphatic carbocycles. The van der Waals surface area contributed by atoms with Gasteiger partial charge in [-0.15, -0.1) is 12.4 Å². The van der Waals surface area contributed by atoms with E-state index in [0.29, 0.717) is 0 Å². The molecule has 0 aliphatic rings. The molecule has 88 valence electrons. The molecule has 0 saturated carbocycles. The Hall–Kier alpha value is -1.80. The van der Waals surface area contributed by atoms with Gasteiger partial charge in [-0.2, -0.15) is 0 Å². The fourth-order valence-electron chi connectivity index (χ4n) is 1.86. The summed E-state index contributed by atoms with van der Waals surface area (Å²) >= 11 is 0. The Balaban J connectivity index is 0.00000144. The molecule has 0 unspecified atom stereocenters. The molecule has 0 radical (unpaired) electrons. The highest BCUT2D eigenvalue weighted by molar-refractivity contribution is 5.98. The van der Waals surface area contributed by atoms with Crippen LogP contribution in [0.25, 0.3) is 11.1 Å². The van der Waals surface area contributed by atoms with Gasteiger partial charge in [0.2, 0.25) is 0 Å². The molecule has 0 aromatic heterocycles. The minimum absolute atomic E-state index is 0. The van der Waals surface area contributed by atoms with E-state index in [1.807, 2.05) is 37.3 Å². The van der Waals surface area contributed by atoms with Gasteiger partial charge < -0.3 is 5.73 Å². The largest absolute Gasteiger partial charge is 0.384 e. The summed E-state index contributed by atoms with van der Waals surface area (Å²) in [7, 11) is 0. The van der Waals surface area contributed by atoms with E-state index in [4.69, 9.17) is 11.1 Å². The summed E-state index contributed by atoms with van der Waals surface area (Å²) < 4.78 is 0. The van der Waals surface area contributed by atoms with Crippen LogP contribution in [0.2, 0.25) is 0 Å². The third-order valence-corrected chi connectivity index (χ3v) is 2.71. The maximum Gasteiger partial charge on any atom is 0.123 e. The van der Waals surface area contributed by atoms with E-state index in [9.17, 15) is 0 Å². The monoisotopic (exact) mass is 246 g/mol. The van der Waals surface area contributed by atoms with Crippen molar-refractivity contribution in [3.05, 3.63) is 59.7 Å². The van der Waals surface area contributed by atoms with Crippen molar-refractivity contribution in [2.75, 3.05) is 0 Å². The predicted octanol–water partition coefficient (Wildman–Crippen LogP) is 3.37. The molecule has 0 bridgehead atoms. The first-order valence-electron chi connectivity index (χ1n) is 5.19. The van der Waals surface area contributed by atoms with Crippen molar-refractivity contribution in [2.24, 2.45) is 5.73 Å². The van der Waals surface area contributed by atoms with Crippen LogP contribution < -0.4 is 5.73 Å². The van der Waals surface area contributed by atoms with Crippen LogP contribution in [0.4, 0.5) is 0 Å². The first-order chi connectivity index (χ1) is 7.70. The van der Waals surface area contributed by atoms with Crippen LogP contribution in [0.1, 0.15) is 11.1 Å². The second-order valence-corrected chi connectivity index (χ2v) is 3.76. The Morgan fingerprint density at radius 3 is 2.24 bits per heavy atom. The lowest BCUT2D eigenvalue weighted by molar-refractivity contribution is 1.36. The average Bonchev–Trinajstić information content (AvgIpc) is 2.30. The van der Waals surface area contributed by atoms with Gasteiger partial charge in [-0.1, -0.05) is 48.5 Å². The zero-order chi connectivity index (χ0) is 11.5. The Morgan fingerprint density at radius 2 is 1.65 bits per heavy atom. The number of halogens is 1. The second kappa shape index (κ2) is 5.51. The minimum atomic E-state index is 0. The quantitative estimate of drug-likeness (QED) is 0.620. The third-order valence-electron chi connectivity index (χ3n) is 2.71. The van der Waals surface area contributed by atoms with Crippen LogP contribution in [0.3, 0.4) is 0 Å². The third kappa shape index (κ3) is 2.66.